The van der Waals surface area contributed by atoms with E-state index in [0.717, 1.165) is 11.1 Å². The highest BCUT2D eigenvalue weighted by atomic mass is 16.5. The van der Waals surface area contributed by atoms with Crippen molar-refractivity contribution in [2.24, 2.45) is 0 Å². The molecule has 0 atom stereocenters. The van der Waals surface area contributed by atoms with Gasteiger partial charge in [0.05, 0.1) is 12.7 Å². The first kappa shape index (κ1) is 22.7. The van der Waals surface area contributed by atoms with Gasteiger partial charge in [0.2, 0.25) is 0 Å². The molecule has 8 heteroatoms. The van der Waals surface area contributed by atoms with Gasteiger partial charge in [-0.2, -0.15) is 0 Å². The van der Waals surface area contributed by atoms with Crippen LogP contribution in [0.15, 0.2) is 48.5 Å². The van der Waals surface area contributed by atoms with E-state index in [4.69, 9.17) is 9.47 Å². The van der Waals surface area contributed by atoms with Crippen LogP contribution in [-0.2, 0) is 22.6 Å². The van der Waals surface area contributed by atoms with E-state index in [-0.39, 0.29) is 25.2 Å². The van der Waals surface area contributed by atoms with Crippen molar-refractivity contribution in [3.05, 3.63) is 65.2 Å². The molecule has 0 fully saturated rings. The average Bonchev–Trinajstić information content (AvgIpc) is 2.74. The van der Waals surface area contributed by atoms with Crippen molar-refractivity contribution in [2.75, 3.05) is 13.7 Å². The van der Waals surface area contributed by atoms with Gasteiger partial charge in [-0.3, -0.25) is 4.79 Å². The third-order valence-electron chi connectivity index (χ3n) is 4.07. The molecular formula is C22H27N3O5. The second-order valence-electron chi connectivity index (χ2n) is 6.84. The molecule has 0 aliphatic rings. The van der Waals surface area contributed by atoms with Crippen molar-refractivity contribution in [3.8, 4) is 5.75 Å². The molecule has 0 heterocycles. The SMILES string of the molecule is COc1ccccc1CNC(=O)COC(=O)c1ccc(CNC(=O)NC(C)C)cc1. The Morgan fingerprint density at radius 1 is 0.933 bits per heavy atom. The van der Waals surface area contributed by atoms with E-state index >= 15 is 0 Å². The van der Waals surface area contributed by atoms with Gasteiger partial charge >= 0.3 is 12.0 Å². The third-order valence-corrected chi connectivity index (χ3v) is 4.07. The zero-order valence-electron chi connectivity index (χ0n) is 17.4. The Bertz CT molecular complexity index is 865. The van der Waals surface area contributed by atoms with Gasteiger partial charge in [-0.15, -0.1) is 0 Å². The molecule has 3 amide bonds. The molecule has 0 bridgehead atoms. The van der Waals surface area contributed by atoms with E-state index in [1.54, 1.807) is 37.4 Å². The number of esters is 1. The highest BCUT2D eigenvalue weighted by Gasteiger charge is 2.11. The molecule has 0 unspecified atom stereocenters. The van der Waals surface area contributed by atoms with E-state index in [0.29, 0.717) is 17.9 Å². The zero-order valence-corrected chi connectivity index (χ0v) is 17.4. The summed E-state index contributed by atoms with van der Waals surface area (Å²) in [6.45, 7) is 3.97. The molecule has 0 saturated heterocycles. The molecular weight excluding hydrogens is 386 g/mol. The first-order valence-corrected chi connectivity index (χ1v) is 9.58. The molecule has 0 aliphatic heterocycles. The number of urea groups is 1. The number of carbonyl (C=O) groups excluding carboxylic acids is 3. The number of hydrogen-bond acceptors (Lipinski definition) is 5. The Labute approximate surface area is 175 Å². The van der Waals surface area contributed by atoms with Crippen LogP contribution < -0.4 is 20.7 Å². The standard InChI is InChI=1S/C22H27N3O5/c1-15(2)25-22(28)24-12-16-8-10-17(11-9-16)21(27)30-14-20(26)23-13-18-6-4-5-7-19(18)29-3/h4-11,15H,12-14H2,1-3H3,(H,23,26)(H2,24,25,28). The highest BCUT2D eigenvalue weighted by Crippen LogP contribution is 2.16. The second kappa shape index (κ2) is 11.5. The maximum Gasteiger partial charge on any atom is 0.338 e. The lowest BCUT2D eigenvalue weighted by atomic mass is 10.1. The summed E-state index contributed by atoms with van der Waals surface area (Å²) in [6, 6.07) is 13.7. The number of methoxy groups -OCH3 is 1. The molecule has 0 radical (unpaired) electrons. The van der Waals surface area contributed by atoms with Crippen molar-refractivity contribution < 1.29 is 23.9 Å². The molecule has 0 aromatic heterocycles. The van der Waals surface area contributed by atoms with Crippen molar-refractivity contribution in [2.45, 2.75) is 33.0 Å². The summed E-state index contributed by atoms with van der Waals surface area (Å²) in [4.78, 5) is 35.7. The Morgan fingerprint density at radius 2 is 1.63 bits per heavy atom. The molecule has 0 saturated carbocycles. The van der Waals surface area contributed by atoms with Crippen LogP contribution in [0.4, 0.5) is 4.79 Å². The van der Waals surface area contributed by atoms with E-state index in [1.807, 2.05) is 32.0 Å². The van der Waals surface area contributed by atoms with Crippen LogP contribution in [0.5, 0.6) is 5.75 Å². The fraction of sp³-hybridized carbons (Fsp3) is 0.318. The number of carbonyl (C=O) groups is 3. The van der Waals surface area contributed by atoms with Gasteiger partial charge in [-0.1, -0.05) is 30.3 Å². The monoisotopic (exact) mass is 413 g/mol. The number of para-hydroxylation sites is 1. The minimum atomic E-state index is -0.598. The average molecular weight is 413 g/mol. The molecule has 0 spiro atoms. The summed E-state index contributed by atoms with van der Waals surface area (Å²) < 4.78 is 10.3. The molecule has 3 N–H and O–H groups in total. The maximum absolute atomic E-state index is 12.1. The third kappa shape index (κ3) is 7.46. The fourth-order valence-corrected chi connectivity index (χ4v) is 2.56. The first-order valence-electron chi connectivity index (χ1n) is 9.58. The van der Waals surface area contributed by atoms with E-state index < -0.39 is 11.9 Å². The van der Waals surface area contributed by atoms with Crippen molar-refractivity contribution in [1.29, 1.82) is 0 Å². The predicted molar refractivity (Wildman–Crippen MR) is 112 cm³/mol. The van der Waals surface area contributed by atoms with E-state index in [1.165, 1.54) is 0 Å². The van der Waals surface area contributed by atoms with Gasteiger partial charge in [-0.05, 0) is 37.6 Å². The molecule has 2 rings (SSSR count). The Morgan fingerprint density at radius 3 is 2.30 bits per heavy atom. The lowest BCUT2D eigenvalue weighted by Crippen LogP contribution is -2.39. The first-order chi connectivity index (χ1) is 14.4. The summed E-state index contributed by atoms with van der Waals surface area (Å²) >= 11 is 0. The molecule has 0 aliphatic carbocycles. The van der Waals surface area contributed by atoms with Crippen LogP contribution in [0, 0.1) is 0 Å². The van der Waals surface area contributed by atoms with Gasteiger partial charge in [0, 0.05) is 24.7 Å². The minimum Gasteiger partial charge on any atom is -0.496 e. The van der Waals surface area contributed by atoms with Crippen LogP contribution in [-0.4, -0.2) is 37.7 Å². The Hall–Kier alpha value is -3.55. The quantitative estimate of drug-likeness (QED) is 0.548. The van der Waals surface area contributed by atoms with Crippen LogP contribution in [0.25, 0.3) is 0 Å². The normalized spacial score (nSPS) is 10.3. The van der Waals surface area contributed by atoms with Crippen LogP contribution in [0.2, 0.25) is 0 Å². The fourth-order valence-electron chi connectivity index (χ4n) is 2.56. The molecule has 2 aromatic rings. The Balaban J connectivity index is 1.76. The number of hydrogen-bond donors (Lipinski definition) is 3. The number of rotatable bonds is 9. The topological polar surface area (TPSA) is 106 Å². The van der Waals surface area contributed by atoms with E-state index in [2.05, 4.69) is 16.0 Å². The maximum atomic E-state index is 12.1. The minimum absolute atomic E-state index is 0.0501. The number of amides is 3. The lowest BCUT2D eigenvalue weighted by Gasteiger charge is -2.11. The smallest absolute Gasteiger partial charge is 0.338 e. The van der Waals surface area contributed by atoms with Crippen molar-refractivity contribution in [3.63, 3.8) is 0 Å². The highest BCUT2D eigenvalue weighted by molar-refractivity contribution is 5.91. The van der Waals surface area contributed by atoms with Crippen LogP contribution in [0.3, 0.4) is 0 Å². The van der Waals surface area contributed by atoms with Gasteiger partial charge < -0.3 is 25.4 Å². The lowest BCUT2D eigenvalue weighted by molar-refractivity contribution is -0.124. The summed E-state index contributed by atoms with van der Waals surface area (Å²) in [5.41, 5.74) is 1.98. The van der Waals surface area contributed by atoms with Crippen LogP contribution >= 0.6 is 0 Å². The van der Waals surface area contributed by atoms with Gasteiger partial charge in [-0.25, -0.2) is 9.59 Å². The summed E-state index contributed by atoms with van der Waals surface area (Å²) in [6.07, 6.45) is 0. The molecule has 8 nitrogen and oxygen atoms in total. The number of ether oxygens (including phenoxy) is 2. The number of benzene rings is 2. The van der Waals surface area contributed by atoms with Gasteiger partial charge in [0.15, 0.2) is 6.61 Å². The summed E-state index contributed by atoms with van der Waals surface area (Å²) in [5.74, 6) is -0.336. The van der Waals surface area contributed by atoms with Gasteiger partial charge in [0.25, 0.3) is 5.91 Å². The van der Waals surface area contributed by atoms with E-state index in [9.17, 15) is 14.4 Å². The molecule has 160 valence electrons. The van der Waals surface area contributed by atoms with Crippen molar-refractivity contribution >= 4 is 17.9 Å². The zero-order chi connectivity index (χ0) is 21.9. The molecule has 2 aromatic carbocycles. The van der Waals surface area contributed by atoms with Gasteiger partial charge in [0.1, 0.15) is 5.75 Å². The van der Waals surface area contributed by atoms with Crippen molar-refractivity contribution in [1.82, 2.24) is 16.0 Å². The number of nitrogens with one attached hydrogen (secondary N) is 3. The predicted octanol–water partition coefficient (Wildman–Crippen LogP) is 2.38. The summed E-state index contributed by atoms with van der Waals surface area (Å²) in [7, 11) is 1.56. The summed E-state index contributed by atoms with van der Waals surface area (Å²) in [5, 5.41) is 8.14. The second-order valence-corrected chi connectivity index (χ2v) is 6.84. The largest absolute Gasteiger partial charge is 0.496 e. The molecule has 30 heavy (non-hydrogen) atoms. The van der Waals surface area contributed by atoms with Crippen LogP contribution in [0.1, 0.15) is 35.3 Å². The Kier molecular flexibility index (Phi) is 8.68.